The van der Waals surface area contributed by atoms with E-state index in [0.717, 1.165) is 13.1 Å². The number of rotatable bonds is 1. The molecule has 6 heteroatoms. The van der Waals surface area contributed by atoms with Crippen molar-refractivity contribution in [2.75, 3.05) is 18.0 Å². The zero-order valence-corrected chi connectivity index (χ0v) is 10.5. The van der Waals surface area contributed by atoms with Crippen molar-refractivity contribution in [1.82, 2.24) is 9.97 Å². The third kappa shape index (κ3) is 2.03. The van der Waals surface area contributed by atoms with Crippen LogP contribution in [0, 0.1) is 5.92 Å². The summed E-state index contributed by atoms with van der Waals surface area (Å²) in [5, 5.41) is 0.173. The highest BCUT2D eigenvalue weighted by atomic mass is 79.9. The van der Waals surface area contributed by atoms with Crippen molar-refractivity contribution in [3.63, 3.8) is 0 Å². The van der Waals surface area contributed by atoms with Gasteiger partial charge >= 0.3 is 0 Å². The van der Waals surface area contributed by atoms with Gasteiger partial charge in [0, 0.05) is 17.9 Å². The first-order valence-electron chi connectivity index (χ1n) is 4.72. The van der Waals surface area contributed by atoms with E-state index in [9.17, 15) is 4.79 Å². The number of nitrogens with zero attached hydrogens (tertiary/aromatic N) is 2. The fourth-order valence-corrected chi connectivity index (χ4v) is 2.43. The molecule has 0 aromatic carbocycles. The third-order valence-electron chi connectivity index (χ3n) is 2.60. The molecule has 2 atom stereocenters. The van der Waals surface area contributed by atoms with Crippen molar-refractivity contribution in [2.24, 2.45) is 5.92 Å². The smallest absolute Gasteiger partial charge is 0.271 e. The lowest BCUT2D eigenvalue weighted by Crippen LogP contribution is -2.24. The van der Waals surface area contributed by atoms with Crippen molar-refractivity contribution in [2.45, 2.75) is 11.8 Å². The molecule has 2 heterocycles. The summed E-state index contributed by atoms with van der Waals surface area (Å²) in [6.07, 6.45) is 1.38. The molecule has 15 heavy (non-hydrogen) atoms. The Balaban J connectivity index is 2.32. The van der Waals surface area contributed by atoms with Gasteiger partial charge in [-0.2, -0.15) is 0 Å². The summed E-state index contributed by atoms with van der Waals surface area (Å²) >= 11 is 9.49. The van der Waals surface area contributed by atoms with Gasteiger partial charge in [-0.05, 0) is 5.92 Å². The van der Waals surface area contributed by atoms with Crippen molar-refractivity contribution in [1.29, 1.82) is 0 Å². The highest BCUT2D eigenvalue weighted by molar-refractivity contribution is 9.09. The molecule has 2 unspecified atom stereocenters. The number of aromatic amines is 1. The monoisotopic (exact) mass is 291 g/mol. The summed E-state index contributed by atoms with van der Waals surface area (Å²) in [4.78, 5) is 20.3. The minimum absolute atomic E-state index is 0.173. The molecule has 1 aliphatic rings. The van der Waals surface area contributed by atoms with Crippen molar-refractivity contribution in [3.8, 4) is 0 Å². The van der Waals surface area contributed by atoms with Gasteiger partial charge in [0.2, 0.25) is 0 Å². The van der Waals surface area contributed by atoms with Crippen LogP contribution in [-0.2, 0) is 0 Å². The number of nitrogens with one attached hydrogen (secondary N) is 1. The van der Waals surface area contributed by atoms with E-state index in [2.05, 4.69) is 32.8 Å². The molecule has 4 nitrogen and oxygen atoms in total. The van der Waals surface area contributed by atoms with E-state index in [1.165, 1.54) is 6.33 Å². The molecule has 82 valence electrons. The molecule has 0 aliphatic carbocycles. The third-order valence-corrected chi connectivity index (χ3v) is 4.13. The van der Waals surface area contributed by atoms with Gasteiger partial charge in [-0.15, -0.1) is 0 Å². The zero-order chi connectivity index (χ0) is 11.0. The van der Waals surface area contributed by atoms with Crippen LogP contribution in [0.5, 0.6) is 0 Å². The molecule has 1 N–H and O–H groups in total. The molecule has 0 bridgehead atoms. The molecule has 1 saturated heterocycles. The van der Waals surface area contributed by atoms with Crippen molar-refractivity contribution < 1.29 is 0 Å². The Kier molecular flexibility index (Phi) is 3.02. The summed E-state index contributed by atoms with van der Waals surface area (Å²) in [5.41, 5.74) is -0.285. The van der Waals surface area contributed by atoms with Crippen LogP contribution in [0.1, 0.15) is 6.92 Å². The minimum Gasteiger partial charge on any atom is -0.354 e. The van der Waals surface area contributed by atoms with Gasteiger partial charge in [-0.25, -0.2) is 4.98 Å². The number of halogens is 2. The van der Waals surface area contributed by atoms with Crippen LogP contribution in [-0.4, -0.2) is 27.9 Å². The Labute approximate surface area is 101 Å². The maximum atomic E-state index is 11.3. The van der Waals surface area contributed by atoms with Crippen LogP contribution >= 0.6 is 27.5 Å². The highest BCUT2D eigenvalue weighted by Crippen LogP contribution is 2.29. The predicted octanol–water partition coefficient (Wildman–Crippen LogP) is 1.64. The van der Waals surface area contributed by atoms with E-state index in [1.54, 1.807) is 0 Å². The quantitative estimate of drug-likeness (QED) is 0.801. The Morgan fingerprint density at radius 2 is 2.40 bits per heavy atom. The second kappa shape index (κ2) is 4.14. The highest BCUT2D eigenvalue weighted by Gasteiger charge is 2.29. The topological polar surface area (TPSA) is 49.0 Å². The van der Waals surface area contributed by atoms with Crippen LogP contribution < -0.4 is 10.5 Å². The van der Waals surface area contributed by atoms with E-state index in [-0.39, 0.29) is 10.6 Å². The van der Waals surface area contributed by atoms with Crippen LogP contribution in [0.4, 0.5) is 5.82 Å². The summed E-state index contributed by atoms with van der Waals surface area (Å²) in [5.74, 6) is 1.11. The predicted molar refractivity (Wildman–Crippen MR) is 64.0 cm³/mol. The number of aromatic nitrogens is 2. The van der Waals surface area contributed by atoms with Crippen LogP contribution in [0.2, 0.25) is 5.02 Å². The molecular formula is C9H11BrClN3O. The largest absolute Gasteiger partial charge is 0.354 e. The molecule has 0 radical (unpaired) electrons. The number of H-pyrrole nitrogens is 1. The average molecular weight is 293 g/mol. The minimum atomic E-state index is -0.285. The van der Waals surface area contributed by atoms with Gasteiger partial charge in [0.25, 0.3) is 5.56 Å². The normalized spacial score (nSPS) is 25.9. The summed E-state index contributed by atoms with van der Waals surface area (Å²) < 4.78 is 0. The van der Waals surface area contributed by atoms with Gasteiger partial charge < -0.3 is 9.88 Å². The summed E-state index contributed by atoms with van der Waals surface area (Å²) in [6.45, 7) is 3.85. The number of alkyl halides is 1. The van der Waals surface area contributed by atoms with E-state index in [1.807, 2.05) is 4.90 Å². The lowest BCUT2D eigenvalue weighted by atomic mass is 10.2. The molecule has 1 fully saturated rings. The lowest BCUT2D eigenvalue weighted by Gasteiger charge is -2.17. The number of hydrogen-bond donors (Lipinski definition) is 1. The first kappa shape index (κ1) is 11.0. The van der Waals surface area contributed by atoms with E-state index in [0.29, 0.717) is 16.6 Å². The number of hydrogen-bond acceptors (Lipinski definition) is 3. The van der Waals surface area contributed by atoms with Crippen LogP contribution in [0.15, 0.2) is 11.1 Å². The Bertz CT molecular complexity index is 412. The average Bonchev–Trinajstić information content (AvgIpc) is 2.51. The summed E-state index contributed by atoms with van der Waals surface area (Å²) in [6, 6.07) is 0. The SMILES string of the molecule is CC1CN(c2nc[nH]c(=O)c2Cl)CC1Br. The molecule has 0 saturated carbocycles. The molecular weight excluding hydrogens is 281 g/mol. The zero-order valence-electron chi connectivity index (χ0n) is 8.20. The van der Waals surface area contributed by atoms with Gasteiger partial charge in [0.15, 0.2) is 5.82 Å². The number of anilines is 1. The molecule has 1 aliphatic heterocycles. The van der Waals surface area contributed by atoms with Gasteiger partial charge in [0.05, 0.1) is 6.33 Å². The van der Waals surface area contributed by atoms with E-state index >= 15 is 0 Å². The van der Waals surface area contributed by atoms with Crippen molar-refractivity contribution >= 4 is 33.3 Å². The second-order valence-electron chi connectivity index (χ2n) is 3.77. The fourth-order valence-electron chi connectivity index (χ4n) is 1.69. The lowest BCUT2D eigenvalue weighted by molar-refractivity contribution is 0.679. The first-order valence-corrected chi connectivity index (χ1v) is 6.01. The van der Waals surface area contributed by atoms with Gasteiger partial charge in [-0.1, -0.05) is 34.5 Å². The van der Waals surface area contributed by atoms with Gasteiger partial charge in [0.1, 0.15) is 5.02 Å². The Hall–Kier alpha value is -0.550. The molecule has 1 aromatic rings. The fraction of sp³-hybridized carbons (Fsp3) is 0.556. The maximum Gasteiger partial charge on any atom is 0.271 e. The molecule has 2 rings (SSSR count). The molecule has 1 aromatic heterocycles. The van der Waals surface area contributed by atoms with Crippen molar-refractivity contribution in [3.05, 3.63) is 21.7 Å². The van der Waals surface area contributed by atoms with Gasteiger partial charge in [-0.3, -0.25) is 4.79 Å². The first-order chi connectivity index (χ1) is 7.09. The van der Waals surface area contributed by atoms with Crippen LogP contribution in [0.25, 0.3) is 0 Å². The molecule has 0 amide bonds. The second-order valence-corrected chi connectivity index (χ2v) is 5.32. The van der Waals surface area contributed by atoms with E-state index < -0.39 is 0 Å². The molecule has 0 spiro atoms. The maximum absolute atomic E-state index is 11.3. The van der Waals surface area contributed by atoms with Crippen LogP contribution in [0.3, 0.4) is 0 Å². The Morgan fingerprint density at radius 1 is 1.67 bits per heavy atom. The Morgan fingerprint density at radius 3 is 3.00 bits per heavy atom. The van der Waals surface area contributed by atoms with E-state index in [4.69, 9.17) is 11.6 Å². The summed E-state index contributed by atoms with van der Waals surface area (Å²) in [7, 11) is 0. The standard InChI is InChI=1S/C9H11BrClN3O/c1-5-2-14(3-6(5)10)8-7(11)9(15)13-4-12-8/h4-6H,2-3H2,1H3,(H,12,13,15).